The molecular weight excluding hydrogens is 258 g/mol. The molecule has 7 nitrogen and oxygen atoms in total. The number of aliphatic hydroxyl groups is 1. The summed E-state index contributed by atoms with van der Waals surface area (Å²) in [5.41, 5.74) is 4.99. The van der Waals surface area contributed by atoms with Crippen LogP contribution < -0.4 is 10.9 Å². The highest BCUT2D eigenvalue weighted by molar-refractivity contribution is 7.89. The summed E-state index contributed by atoms with van der Waals surface area (Å²) >= 11 is 0. The van der Waals surface area contributed by atoms with Crippen LogP contribution in [-0.2, 0) is 14.8 Å². The van der Waals surface area contributed by atoms with Crippen LogP contribution in [0.2, 0.25) is 0 Å². The monoisotopic (exact) mass is 281 g/mol. The van der Waals surface area contributed by atoms with Crippen molar-refractivity contribution in [2.75, 3.05) is 25.9 Å². The third-order valence-corrected chi connectivity index (χ3v) is 3.54. The van der Waals surface area contributed by atoms with Gasteiger partial charge in [-0.2, -0.15) is 0 Å². The molecule has 0 rings (SSSR count). The summed E-state index contributed by atoms with van der Waals surface area (Å²) in [5.74, 6) is -0.701. The topological polar surface area (TPSA) is 127 Å². The Balaban J connectivity index is 3.90. The molecule has 0 aliphatic heterocycles. The molecule has 0 spiro atoms. The number of carbonyl (C=O) groups is 1. The van der Waals surface area contributed by atoms with Crippen molar-refractivity contribution < 1.29 is 18.3 Å². The zero-order chi connectivity index (χ0) is 14.3. The molecule has 0 heterocycles. The van der Waals surface area contributed by atoms with E-state index in [0.717, 1.165) is 0 Å². The Labute approximate surface area is 108 Å². The van der Waals surface area contributed by atoms with E-state index in [1.165, 1.54) is 0 Å². The number of rotatable bonds is 9. The highest BCUT2D eigenvalue weighted by Gasteiger charge is 2.17. The van der Waals surface area contributed by atoms with Crippen LogP contribution in [-0.4, -0.2) is 56.3 Å². The number of hydrogen-bond donors (Lipinski definition) is 3. The minimum absolute atomic E-state index is 0.0535. The van der Waals surface area contributed by atoms with Gasteiger partial charge in [0, 0.05) is 6.54 Å². The van der Waals surface area contributed by atoms with E-state index in [2.05, 4.69) is 0 Å². The number of nitrogens with zero attached hydrogens (tertiary/aromatic N) is 1. The maximum atomic E-state index is 10.8. The standard InChI is InChI=1S/C10H23N3O4S/c1-8(9(14)7-10(11)15)3-4-13(2)5-6-18(12,16)17/h8-9,14H,3-7H2,1-2H3,(H2,11,15)(H2,12,16,17)/t8-,9+/m1/s1. The predicted octanol–water partition coefficient (Wildman–Crippen LogP) is -1.53. The van der Waals surface area contributed by atoms with Crippen LogP contribution in [0.5, 0.6) is 0 Å². The molecular formula is C10H23N3O4S. The molecule has 18 heavy (non-hydrogen) atoms. The Kier molecular flexibility index (Phi) is 7.37. The summed E-state index contributed by atoms with van der Waals surface area (Å²) in [5, 5.41) is 14.5. The molecule has 0 fully saturated rings. The molecule has 0 saturated heterocycles. The molecule has 8 heteroatoms. The van der Waals surface area contributed by atoms with Gasteiger partial charge in [0.1, 0.15) is 0 Å². The first kappa shape index (κ1) is 17.3. The first-order valence-corrected chi connectivity index (χ1v) is 7.48. The molecule has 1 amide bonds. The lowest BCUT2D eigenvalue weighted by atomic mass is 9.98. The fourth-order valence-electron chi connectivity index (χ4n) is 1.42. The van der Waals surface area contributed by atoms with E-state index in [1.54, 1.807) is 7.05 Å². The van der Waals surface area contributed by atoms with Crippen LogP contribution >= 0.6 is 0 Å². The van der Waals surface area contributed by atoms with Gasteiger partial charge in [0.05, 0.1) is 18.3 Å². The second-order valence-corrected chi connectivity index (χ2v) is 6.41. The molecule has 0 bridgehead atoms. The summed E-state index contributed by atoms with van der Waals surface area (Å²) in [4.78, 5) is 12.5. The zero-order valence-electron chi connectivity index (χ0n) is 10.9. The number of aliphatic hydroxyl groups excluding tert-OH is 1. The van der Waals surface area contributed by atoms with Crippen molar-refractivity contribution in [1.82, 2.24) is 4.90 Å². The molecule has 0 aromatic carbocycles. The van der Waals surface area contributed by atoms with Gasteiger partial charge in [-0.25, -0.2) is 13.6 Å². The number of hydrogen-bond acceptors (Lipinski definition) is 5. The molecule has 2 atom stereocenters. The molecule has 0 aliphatic carbocycles. The highest BCUT2D eigenvalue weighted by Crippen LogP contribution is 2.11. The molecule has 0 unspecified atom stereocenters. The van der Waals surface area contributed by atoms with Gasteiger partial charge in [-0.1, -0.05) is 6.92 Å². The summed E-state index contributed by atoms with van der Waals surface area (Å²) < 4.78 is 21.5. The lowest BCUT2D eigenvalue weighted by Gasteiger charge is -2.21. The third kappa shape index (κ3) is 9.34. The van der Waals surface area contributed by atoms with Crippen LogP contribution in [0.4, 0.5) is 0 Å². The van der Waals surface area contributed by atoms with Gasteiger partial charge in [-0.3, -0.25) is 4.79 Å². The van der Waals surface area contributed by atoms with E-state index in [-0.39, 0.29) is 18.1 Å². The van der Waals surface area contributed by atoms with Crippen molar-refractivity contribution in [2.45, 2.75) is 25.9 Å². The number of primary sulfonamides is 1. The maximum absolute atomic E-state index is 10.8. The zero-order valence-corrected chi connectivity index (χ0v) is 11.7. The number of carbonyl (C=O) groups excluding carboxylic acids is 1. The quantitative estimate of drug-likeness (QED) is 0.472. The predicted molar refractivity (Wildman–Crippen MR) is 69.1 cm³/mol. The van der Waals surface area contributed by atoms with Gasteiger partial charge < -0.3 is 15.7 Å². The Morgan fingerprint density at radius 1 is 1.39 bits per heavy atom. The Morgan fingerprint density at radius 3 is 2.39 bits per heavy atom. The molecule has 0 aromatic heterocycles. The molecule has 0 radical (unpaired) electrons. The first-order valence-electron chi connectivity index (χ1n) is 5.77. The molecule has 0 aromatic rings. The van der Waals surface area contributed by atoms with Crippen molar-refractivity contribution in [2.24, 2.45) is 16.8 Å². The van der Waals surface area contributed by atoms with Crippen molar-refractivity contribution in [1.29, 1.82) is 0 Å². The largest absolute Gasteiger partial charge is 0.392 e. The Hall–Kier alpha value is -0.700. The lowest BCUT2D eigenvalue weighted by molar-refractivity contribution is -0.120. The van der Waals surface area contributed by atoms with Gasteiger partial charge in [0.25, 0.3) is 0 Å². The maximum Gasteiger partial charge on any atom is 0.220 e. The third-order valence-electron chi connectivity index (χ3n) is 2.79. The second-order valence-electron chi connectivity index (χ2n) is 4.67. The smallest absolute Gasteiger partial charge is 0.220 e. The fourth-order valence-corrected chi connectivity index (χ4v) is 1.98. The van der Waals surface area contributed by atoms with Gasteiger partial charge in [-0.05, 0) is 25.9 Å². The van der Waals surface area contributed by atoms with Crippen LogP contribution in [0, 0.1) is 5.92 Å². The molecule has 108 valence electrons. The SMILES string of the molecule is C[C@H](CCN(C)CCS(N)(=O)=O)[C@@H](O)CC(N)=O. The van der Waals surface area contributed by atoms with E-state index >= 15 is 0 Å². The van der Waals surface area contributed by atoms with Gasteiger partial charge in [0.15, 0.2) is 0 Å². The van der Waals surface area contributed by atoms with Gasteiger partial charge in [-0.15, -0.1) is 0 Å². The van der Waals surface area contributed by atoms with Crippen LogP contribution in [0.25, 0.3) is 0 Å². The minimum Gasteiger partial charge on any atom is -0.392 e. The lowest BCUT2D eigenvalue weighted by Crippen LogP contribution is -2.32. The number of sulfonamides is 1. The highest BCUT2D eigenvalue weighted by atomic mass is 32.2. The van der Waals surface area contributed by atoms with Crippen LogP contribution in [0.3, 0.4) is 0 Å². The summed E-state index contributed by atoms with van der Waals surface area (Å²) in [7, 11) is -1.67. The summed E-state index contributed by atoms with van der Waals surface area (Å²) in [6.07, 6.45) is -0.161. The van der Waals surface area contributed by atoms with Crippen molar-refractivity contribution >= 4 is 15.9 Å². The molecule has 5 N–H and O–H groups in total. The van der Waals surface area contributed by atoms with Gasteiger partial charge in [0.2, 0.25) is 15.9 Å². The normalized spacial score (nSPS) is 15.6. The average molecular weight is 281 g/mol. The number of amides is 1. The average Bonchev–Trinajstić information content (AvgIpc) is 2.20. The fraction of sp³-hybridized carbons (Fsp3) is 0.900. The van der Waals surface area contributed by atoms with E-state index in [1.807, 2.05) is 11.8 Å². The Morgan fingerprint density at radius 2 is 1.94 bits per heavy atom. The van der Waals surface area contributed by atoms with Gasteiger partial charge >= 0.3 is 0 Å². The van der Waals surface area contributed by atoms with E-state index in [9.17, 15) is 18.3 Å². The second kappa shape index (κ2) is 7.67. The summed E-state index contributed by atoms with van der Waals surface area (Å²) in [6.45, 7) is 2.78. The van der Waals surface area contributed by atoms with Crippen LogP contribution in [0.15, 0.2) is 0 Å². The number of nitrogens with two attached hydrogens (primary N) is 2. The molecule has 0 saturated carbocycles. The van der Waals surface area contributed by atoms with Crippen molar-refractivity contribution in [3.8, 4) is 0 Å². The first-order chi connectivity index (χ1) is 8.11. The number of primary amides is 1. The van der Waals surface area contributed by atoms with E-state index in [0.29, 0.717) is 19.5 Å². The van der Waals surface area contributed by atoms with Crippen LogP contribution in [0.1, 0.15) is 19.8 Å². The van der Waals surface area contributed by atoms with E-state index in [4.69, 9.17) is 10.9 Å². The van der Waals surface area contributed by atoms with Crippen molar-refractivity contribution in [3.05, 3.63) is 0 Å². The Bertz CT molecular complexity index is 358. The minimum atomic E-state index is -3.44. The van der Waals surface area contributed by atoms with Crippen molar-refractivity contribution in [3.63, 3.8) is 0 Å². The molecule has 0 aliphatic rings. The summed E-state index contributed by atoms with van der Waals surface area (Å²) in [6, 6.07) is 0. The van der Waals surface area contributed by atoms with E-state index < -0.39 is 22.0 Å².